The van der Waals surface area contributed by atoms with Gasteiger partial charge in [-0.2, -0.15) is 16.7 Å². The average molecular weight is 281 g/mol. The average Bonchev–Trinajstić information content (AvgIpc) is 2.98. The zero-order valence-electron chi connectivity index (χ0n) is 11.4. The predicted molar refractivity (Wildman–Crippen MR) is 77.1 cm³/mol. The first-order chi connectivity index (χ1) is 9.36. The zero-order valence-corrected chi connectivity index (χ0v) is 12.2. The van der Waals surface area contributed by atoms with Gasteiger partial charge in [-0.15, -0.1) is 0 Å². The topological polar surface area (TPSA) is 64.9 Å². The van der Waals surface area contributed by atoms with E-state index in [1.807, 2.05) is 11.8 Å². The van der Waals surface area contributed by atoms with Crippen LogP contribution >= 0.6 is 11.8 Å². The number of nitrogens with two attached hydrogens (primary N) is 1. The summed E-state index contributed by atoms with van der Waals surface area (Å²) in [5.41, 5.74) is 5.73. The molecule has 1 unspecified atom stereocenters. The lowest BCUT2D eigenvalue weighted by Gasteiger charge is -2.25. The van der Waals surface area contributed by atoms with Gasteiger partial charge in [0, 0.05) is 5.92 Å². The van der Waals surface area contributed by atoms with Gasteiger partial charge in [0.25, 0.3) is 0 Å². The van der Waals surface area contributed by atoms with Gasteiger partial charge in [-0.25, -0.2) is 0 Å². The summed E-state index contributed by atoms with van der Waals surface area (Å²) in [6.45, 7) is 0.820. The van der Waals surface area contributed by atoms with Crippen LogP contribution in [0.2, 0.25) is 0 Å². The molecule has 1 aromatic rings. The number of aromatic nitrogens is 2. The second-order valence-corrected chi connectivity index (χ2v) is 7.11. The summed E-state index contributed by atoms with van der Waals surface area (Å²) in [6, 6.07) is 0. The Hall–Kier alpha value is -0.550. The normalized spacial score (nSPS) is 32.4. The maximum Gasteiger partial charge on any atom is 0.229 e. The summed E-state index contributed by atoms with van der Waals surface area (Å²) >= 11 is 1.98. The third-order valence-corrected chi connectivity index (χ3v) is 5.83. The Bertz CT molecular complexity index is 395. The Morgan fingerprint density at radius 3 is 2.68 bits per heavy atom. The van der Waals surface area contributed by atoms with Gasteiger partial charge in [0.1, 0.15) is 0 Å². The summed E-state index contributed by atoms with van der Waals surface area (Å²) in [5, 5.41) is 4.69. The fourth-order valence-corrected chi connectivity index (χ4v) is 4.37. The van der Waals surface area contributed by atoms with Crippen LogP contribution in [0, 0.1) is 5.92 Å². The molecule has 1 saturated heterocycles. The maximum atomic E-state index is 5.73. The molecule has 2 heterocycles. The molecule has 1 aliphatic carbocycles. The number of nitrogens with zero attached hydrogens (tertiary/aromatic N) is 2. The van der Waals surface area contributed by atoms with Crippen LogP contribution in [0.4, 0.5) is 0 Å². The lowest BCUT2D eigenvalue weighted by molar-refractivity contribution is 0.274. The smallest absolute Gasteiger partial charge is 0.229 e. The fourth-order valence-electron chi connectivity index (χ4n) is 3.13. The van der Waals surface area contributed by atoms with Gasteiger partial charge >= 0.3 is 0 Å². The minimum atomic E-state index is 0.464. The summed E-state index contributed by atoms with van der Waals surface area (Å²) in [4.78, 5) is 4.68. The second-order valence-electron chi connectivity index (χ2n) is 5.80. The molecule has 0 spiro atoms. The molecule has 19 heavy (non-hydrogen) atoms. The molecule has 2 N–H and O–H groups in total. The van der Waals surface area contributed by atoms with Crippen LogP contribution in [-0.2, 0) is 0 Å². The lowest BCUT2D eigenvalue weighted by Crippen LogP contribution is -2.20. The van der Waals surface area contributed by atoms with E-state index in [2.05, 4.69) is 10.1 Å². The van der Waals surface area contributed by atoms with Crippen molar-refractivity contribution < 1.29 is 4.52 Å². The van der Waals surface area contributed by atoms with Crippen molar-refractivity contribution in [2.45, 2.75) is 56.1 Å². The van der Waals surface area contributed by atoms with Crippen LogP contribution in [0.5, 0.6) is 0 Å². The van der Waals surface area contributed by atoms with Crippen molar-refractivity contribution in [2.24, 2.45) is 11.7 Å². The largest absolute Gasteiger partial charge is 0.339 e. The minimum Gasteiger partial charge on any atom is -0.339 e. The molecule has 0 radical (unpaired) electrons. The highest BCUT2D eigenvalue weighted by molar-refractivity contribution is 7.99. The Morgan fingerprint density at radius 2 is 2.00 bits per heavy atom. The van der Waals surface area contributed by atoms with Gasteiger partial charge in [-0.05, 0) is 56.7 Å². The molecule has 1 aromatic heterocycles. The van der Waals surface area contributed by atoms with E-state index in [0.717, 1.165) is 31.1 Å². The highest BCUT2D eigenvalue weighted by Crippen LogP contribution is 2.39. The molecule has 1 atom stereocenters. The molecular formula is C14H23N3OS. The minimum absolute atomic E-state index is 0.464. The molecule has 5 heteroatoms. The van der Waals surface area contributed by atoms with Crippen LogP contribution in [0.1, 0.15) is 67.8 Å². The molecule has 0 bridgehead atoms. The zero-order chi connectivity index (χ0) is 13.1. The van der Waals surface area contributed by atoms with Gasteiger partial charge in [-0.3, -0.25) is 0 Å². The summed E-state index contributed by atoms with van der Waals surface area (Å²) < 4.78 is 5.52. The van der Waals surface area contributed by atoms with E-state index < -0.39 is 0 Å². The van der Waals surface area contributed by atoms with Gasteiger partial charge in [-0.1, -0.05) is 11.6 Å². The van der Waals surface area contributed by atoms with E-state index >= 15 is 0 Å². The van der Waals surface area contributed by atoms with Crippen molar-refractivity contribution >= 4 is 11.8 Å². The number of rotatable bonds is 3. The van der Waals surface area contributed by atoms with Crippen molar-refractivity contribution in [2.75, 3.05) is 12.3 Å². The molecule has 3 rings (SSSR count). The Kier molecular flexibility index (Phi) is 4.43. The quantitative estimate of drug-likeness (QED) is 0.921. The summed E-state index contributed by atoms with van der Waals surface area (Å²) in [6.07, 6.45) is 8.54. The third-order valence-electron chi connectivity index (χ3n) is 4.45. The number of thioether (sulfide) groups is 1. The van der Waals surface area contributed by atoms with Crippen LogP contribution in [-0.4, -0.2) is 22.4 Å². The van der Waals surface area contributed by atoms with E-state index in [9.17, 15) is 0 Å². The van der Waals surface area contributed by atoms with Crippen LogP contribution in [0.3, 0.4) is 0 Å². The van der Waals surface area contributed by atoms with E-state index in [1.165, 1.54) is 37.9 Å². The maximum absolute atomic E-state index is 5.73. The molecule has 2 fully saturated rings. The molecule has 1 saturated carbocycles. The Balaban J connectivity index is 1.61. The number of hydrogen-bond acceptors (Lipinski definition) is 5. The molecular weight excluding hydrogens is 258 g/mol. The van der Waals surface area contributed by atoms with E-state index in [0.29, 0.717) is 17.1 Å². The van der Waals surface area contributed by atoms with Crippen LogP contribution < -0.4 is 5.73 Å². The Labute approximate surface area is 118 Å². The predicted octanol–water partition coefficient (Wildman–Crippen LogP) is 3.26. The van der Waals surface area contributed by atoms with Gasteiger partial charge < -0.3 is 10.3 Å². The molecule has 106 valence electrons. The lowest BCUT2D eigenvalue weighted by atomic mass is 9.82. The molecule has 1 aliphatic heterocycles. The fraction of sp³-hybridized carbons (Fsp3) is 0.857. The van der Waals surface area contributed by atoms with Crippen LogP contribution in [0.15, 0.2) is 4.52 Å². The van der Waals surface area contributed by atoms with Gasteiger partial charge in [0.2, 0.25) is 5.89 Å². The van der Waals surface area contributed by atoms with Crippen molar-refractivity contribution in [3.63, 3.8) is 0 Å². The molecule has 0 aromatic carbocycles. The molecule has 0 amide bonds. The van der Waals surface area contributed by atoms with Gasteiger partial charge in [0.05, 0.1) is 5.25 Å². The third kappa shape index (κ3) is 3.14. The van der Waals surface area contributed by atoms with Crippen molar-refractivity contribution in [3.05, 3.63) is 11.7 Å². The highest BCUT2D eigenvalue weighted by Gasteiger charge is 2.28. The standard InChI is InChI=1S/C14H23N3OS/c15-9-10-4-6-11(7-5-10)14-16-13(17-18-14)12-3-1-2-8-19-12/h10-12H,1-9,15H2. The van der Waals surface area contributed by atoms with Crippen molar-refractivity contribution in [1.82, 2.24) is 10.1 Å². The Morgan fingerprint density at radius 1 is 1.16 bits per heavy atom. The first kappa shape index (κ1) is 13.4. The van der Waals surface area contributed by atoms with Gasteiger partial charge in [0.15, 0.2) is 5.82 Å². The van der Waals surface area contributed by atoms with E-state index in [-0.39, 0.29) is 0 Å². The molecule has 4 nitrogen and oxygen atoms in total. The monoisotopic (exact) mass is 281 g/mol. The van der Waals surface area contributed by atoms with E-state index in [4.69, 9.17) is 10.3 Å². The summed E-state index contributed by atoms with van der Waals surface area (Å²) in [5.74, 6) is 4.21. The SMILES string of the molecule is NCC1CCC(c2nc(C3CCCCS3)no2)CC1. The first-order valence-electron chi connectivity index (χ1n) is 7.52. The summed E-state index contributed by atoms with van der Waals surface area (Å²) in [7, 11) is 0. The first-order valence-corrected chi connectivity index (χ1v) is 8.57. The highest BCUT2D eigenvalue weighted by atomic mass is 32.2. The van der Waals surface area contributed by atoms with Crippen molar-refractivity contribution in [1.29, 1.82) is 0 Å². The van der Waals surface area contributed by atoms with E-state index in [1.54, 1.807) is 0 Å². The number of hydrogen-bond donors (Lipinski definition) is 1. The van der Waals surface area contributed by atoms with Crippen molar-refractivity contribution in [3.8, 4) is 0 Å². The second kappa shape index (κ2) is 6.27. The van der Waals surface area contributed by atoms with Crippen LogP contribution in [0.25, 0.3) is 0 Å². The molecule has 2 aliphatic rings.